The van der Waals surface area contributed by atoms with Crippen LogP contribution in [0, 0.1) is 0 Å². The molecule has 1 aliphatic rings. The first kappa shape index (κ1) is 16.7. The molecule has 0 radical (unpaired) electrons. The van der Waals surface area contributed by atoms with E-state index in [1.807, 2.05) is 23.1 Å². The Morgan fingerprint density at radius 2 is 2.19 bits per heavy atom. The van der Waals surface area contributed by atoms with Gasteiger partial charge in [0.1, 0.15) is 0 Å². The van der Waals surface area contributed by atoms with E-state index in [1.54, 1.807) is 6.07 Å². The second kappa shape index (κ2) is 7.07. The van der Waals surface area contributed by atoms with E-state index in [-0.39, 0.29) is 30.7 Å². The monoisotopic (exact) mass is 333 g/mol. The standard InChI is InChI=1S/C14H20ClNO4S/c15-12-3-1-2-11(6-12)7-16(8-14(18)9-17)13-4-5-21(19,20)10-13/h1-3,6,13-14,17-18H,4-5,7-10H2/t13-,14+/m0/s1. The van der Waals surface area contributed by atoms with Crippen LogP contribution >= 0.6 is 11.6 Å². The molecule has 0 aliphatic carbocycles. The lowest BCUT2D eigenvalue weighted by Crippen LogP contribution is -2.41. The number of hydrogen-bond donors (Lipinski definition) is 2. The average molecular weight is 334 g/mol. The first-order valence-corrected chi connectivity index (χ1v) is 9.07. The van der Waals surface area contributed by atoms with Crippen molar-refractivity contribution < 1.29 is 18.6 Å². The van der Waals surface area contributed by atoms with Crippen LogP contribution in [0.3, 0.4) is 0 Å². The van der Waals surface area contributed by atoms with Crippen LogP contribution < -0.4 is 0 Å². The van der Waals surface area contributed by atoms with Crippen LogP contribution in [0.2, 0.25) is 5.02 Å². The van der Waals surface area contributed by atoms with Gasteiger partial charge in [0, 0.05) is 24.2 Å². The van der Waals surface area contributed by atoms with Gasteiger partial charge in [-0.15, -0.1) is 0 Å². The zero-order valence-corrected chi connectivity index (χ0v) is 13.2. The minimum atomic E-state index is -3.00. The Kier molecular flexibility index (Phi) is 5.62. The Morgan fingerprint density at radius 3 is 2.76 bits per heavy atom. The van der Waals surface area contributed by atoms with Gasteiger partial charge in [0.2, 0.25) is 0 Å². The highest BCUT2D eigenvalue weighted by atomic mass is 35.5. The lowest BCUT2D eigenvalue weighted by Gasteiger charge is -2.29. The molecule has 2 N–H and O–H groups in total. The Morgan fingerprint density at radius 1 is 1.43 bits per heavy atom. The molecule has 1 aromatic carbocycles. The Labute approximate surface area is 130 Å². The summed E-state index contributed by atoms with van der Waals surface area (Å²) in [6.45, 7) is 0.395. The molecule has 0 unspecified atom stereocenters. The van der Waals surface area contributed by atoms with E-state index in [1.165, 1.54) is 0 Å². The van der Waals surface area contributed by atoms with Crippen molar-refractivity contribution in [3.8, 4) is 0 Å². The maximum absolute atomic E-state index is 11.6. The average Bonchev–Trinajstić information content (AvgIpc) is 2.78. The molecule has 5 nitrogen and oxygen atoms in total. The molecule has 0 aromatic heterocycles. The summed E-state index contributed by atoms with van der Waals surface area (Å²) in [5.41, 5.74) is 0.955. The van der Waals surface area contributed by atoms with Crippen molar-refractivity contribution in [3.63, 3.8) is 0 Å². The van der Waals surface area contributed by atoms with Gasteiger partial charge in [-0.2, -0.15) is 0 Å². The van der Waals surface area contributed by atoms with Gasteiger partial charge in [-0.3, -0.25) is 4.90 Å². The number of rotatable bonds is 6. The Hall–Kier alpha value is -0.660. The lowest BCUT2D eigenvalue weighted by molar-refractivity contribution is 0.0447. The van der Waals surface area contributed by atoms with Crippen LogP contribution in [-0.4, -0.2) is 60.3 Å². The van der Waals surface area contributed by atoms with E-state index in [9.17, 15) is 13.5 Å². The summed E-state index contributed by atoms with van der Waals surface area (Å²) in [6, 6.07) is 7.22. The third kappa shape index (κ3) is 4.93. The minimum absolute atomic E-state index is 0.103. The molecule has 1 saturated heterocycles. The number of aliphatic hydroxyl groups excluding tert-OH is 2. The van der Waals surface area contributed by atoms with Gasteiger partial charge in [0.25, 0.3) is 0 Å². The van der Waals surface area contributed by atoms with E-state index in [2.05, 4.69) is 0 Å². The summed E-state index contributed by atoms with van der Waals surface area (Å²) in [7, 11) is -3.00. The van der Waals surface area contributed by atoms with Gasteiger partial charge in [-0.05, 0) is 24.1 Å². The zero-order valence-electron chi connectivity index (χ0n) is 11.7. The van der Waals surface area contributed by atoms with Crippen molar-refractivity contribution >= 4 is 21.4 Å². The predicted molar refractivity (Wildman–Crippen MR) is 82.0 cm³/mol. The third-order valence-corrected chi connectivity index (χ3v) is 5.64. The molecule has 1 heterocycles. The summed E-state index contributed by atoms with van der Waals surface area (Å²) in [5, 5.41) is 19.3. The van der Waals surface area contributed by atoms with Crippen molar-refractivity contribution in [2.24, 2.45) is 0 Å². The number of sulfone groups is 1. The molecular weight excluding hydrogens is 314 g/mol. The highest BCUT2D eigenvalue weighted by Crippen LogP contribution is 2.21. The summed E-state index contributed by atoms with van der Waals surface area (Å²) in [4.78, 5) is 1.91. The molecule has 0 spiro atoms. The van der Waals surface area contributed by atoms with Gasteiger partial charge in [0.15, 0.2) is 9.84 Å². The van der Waals surface area contributed by atoms with Crippen LogP contribution in [0.25, 0.3) is 0 Å². The van der Waals surface area contributed by atoms with E-state index < -0.39 is 15.9 Å². The molecule has 118 valence electrons. The maximum atomic E-state index is 11.6. The molecule has 0 amide bonds. The topological polar surface area (TPSA) is 77.8 Å². The zero-order chi connectivity index (χ0) is 15.5. The van der Waals surface area contributed by atoms with Crippen LogP contribution in [0.15, 0.2) is 24.3 Å². The smallest absolute Gasteiger partial charge is 0.151 e. The fourth-order valence-electron chi connectivity index (χ4n) is 2.60. The lowest BCUT2D eigenvalue weighted by atomic mass is 10.1. The maximum Gasteiger partial charge on any atom is 0.151 e. The molecule has 1 aromatic rings. The molecule has 1 fully saturated rings. The second-order valence-corrected chi connectivity index (χ2v) is 8.12. The first-order chi connectivity index (χ1) is 9.89. The molecule has 2 rings (SSSR count). The van der Waals surface area contributed by atoms with E-state index >= 15 is 0 Å². The number of hydrogen-bond acceptors (Lipinski definition) is 5. The van der Waals surface area contributed by atoms with Crippen molar-refractivity contribution in [2.45, 2.75) is 25.1 Å². The predicted octanol–water partition coefficient (Wildman–Crippen LogP) is 0.682. The summed E-state index contributed by atoms with van der Waals surface area (Å²) < 4.78 is 23.3. The van der Waals surface area contributed by atoms with Crippen molar-refractivity contribution in [1.29, 1.82) is 0 Å². The largest absolute Gasteiger partial charge is 0.394 e. The minimum Gasteiger partial charge on any atom is -0.394 e. The SMILES string of the molecule is O=S1(=O)CC[C@H](N(Cc2cccc(Cl)c2)C[C@@H](O)CO)C1. The number of halogens is 1. The van der Waals surface area contributed by atoms with Crippen LogP contribution in [0.4, 0.5) is 0 Å². The van der Waals surface area contributed by atoms with Crippen molar-refractivity contribution in [3.05, 3.63) is 34.9 Å². The third-order valence-electron chi connectivity index (χ3n) is 3.66. The number of aliphatic hydroxyl groups is 2. The van der Waals surface area contributed by atoms with Gasteiger partial charge in [0.05, 0.1) is 24.2 Å². The van der Waals surface area contributed by atoms with Crippen LogP contribution in [-0.2, 0) is 16.4 Å². The van der Waals surface area contributed by atoms with Gasteiger partial charge >= 0.3 is 0 Å². The molecule has 7 heteroatoms. The molecule has 2 atom stereocenters. The molecule has 0 bridgehead atoms. The van der Waals surface area contributed by atoms with Gasteiger partial charge in [-0.25, -0.2) is 8.42 Å². The van der Waals surface area contributed by atoms with E-state index in [0.717, 1.165) is 5.56 Å². The first-order valence-electron chi connectivity index (χ1n) is 6.87. The fraction of sp³-hybridized carbons (Fsp3) is 0.571. The summed E-state index contributed by atoms with van der Waals surface area (Å²) in [6.07, 6.45) is -0.325. The molecule has 0 saturated carbocycles. The normalized spacial score (nSPS) is 22.6. The summed E-state index contributed by atoms with van der Waals surface area (Å²) in [5.74, 6) is 0.282. The van der Waals surface area contributed by atoms with E-state index in [4.69, 9.17) is 16.7 Å². The van der Waals surface area contributed by atoms with Crippen molar-refractivity contribution in [1.82, 2.24) is 4.90 Å². The molecule has 1 aliphatic heterocycles. The Balaban J connectivity index is 2.12. The number of nitrogens with zero attached hydrogens (tertiary/aromatic N) is 1. The second-order valence-electron chi connectivity index (χ2n) is 5.45. The highest BCUT2D eigenvalue weighted by Gasteiger charge is 2.32. The molecule has 21 heavy (non-hydrogen) atoms. The van der Waals surface area contributed by atoms with Gasteiger partial charge < -0.3 is 10.2 Å². The Bertz CT molecular complexity index is 578. The highest BCUT2D eigenvalue weighted by molar-refractivity contribution is 7.91. The fourth-order valence-corrected chi connectivity index (χ4v) is 4.58. The van der Waals surface area contributed by atoms with Crippen molar-refractivity contribution in [2.75, 3.05) is 24.7 Å². The number of benzene rings is 1. The quantitative estimate of drug-likeness (QED) is 0.800. The van der Waals surface area contributed by atoms with E-state index in [0.29, 0.717) is 18.0 Å². The van der Waals surface area contributed by atoms with Crippen LogP contribution in [0.5, 0.6) is 0 Å². The molecular formula is C14H20ClNO4S. The van der Waals surface area contributed by atoms with Gasteiger partial charge in [-0.1, -0.05) is 23.7 Å². The summed E-state index contributed by atoms with van der Waals surface area (Å²) >= 11 is 5.96. The van der Waals surface area contributed by atoms with Crippen LogP contribution in [0.1, 0.15) is 12.0 Å².